The van der Waals surface area contributed by atoms with E-state index in [1.165, 1.54) is 19.2 Å². The lowest BCUT2D eigenvalue weighted by molar-refractivity contribution is 0.102. The Hall–Kier alpha value is -2.91. The molecule has 2 aromatic carbocycles. The molecule has 1 aromatic heterocycles. The van der Waals surface area contributed by atoms with Crippen molar-refractivity contribution < 1.29 is 17.9 Å². The van der Waals surface area contributed by atoms with Gasteiger partial charge in [0.1, 0.15) is 10.6 Å². The van der Waals surface area contributed by atoms with Gasteiger partial charge in [-0.1, -0.05) is 41.2 Å². The van der Waals surface area contributed by atoms with Crippen LogP contribution in [0.15, 0.2) is 53.4 Å². The van der Waals surface area contributed by atoms with Crippen LogP contribution in [0.1, 0.15) is 20.9 Å². The van der Waals surface area contributed by atoms with Crippen LogP contribution in [0.2, 0.25) is 0 Å². The number of nitrogens with zero attached hydrogens (tertiary/aromatic N) is 1. The maximum atomic E-state index is 12.6. The number of carbonyl (C=O) groups excluding carboxylic acids is 1. The molecule has 0 unspecified atom stereocenters. The molecule has 0 atom stereocenters. The highest BCUT2D eigenvalue weighted by molar-refractivity contribution is 7.93. The van der Waals surface area contributed by atoms with Crippen molar-refractivity contribution in [2.45, 2.75) is 18.7 Å². The standard InChI is InChI=1S/C19H19N3O4S2/c1-12-8-10-14(11-9-12)28(24,25)22-19-20-13(2)17(27-19)18(23)21-15-6-4-5-7-16(15)26-3/h4-11H,1-3H3,(H,20,22)(H,21,23). The molecule has 0 aliphatic heterocycles. The van der Waals surface area contributed by atoms with Crippen molar-refractivity contribution in [1.82, 2.24) is 4.98 Å². The number of methoxy groups -OCH3 is 1. The van der Waals surface area contributed by atoms with Crippen LogP contribution in [0.5, 0.6) is 5.75 Å². The second kappa shape index (κ2) is 7.99. The lowest BCUT2D eigenvalue weighted by Crippen LogP contribution is -2.12. The molecule has 0 aliphatic carbocycles. The van der Waals surface area contributed by atoms with Gasteiger partial charge in [0.05, 0.1) is 23.4 Å². The van der Waals surface area contributed by atoms with E-state index in [2.05, 4.69) is 15.0 Å². The summed E-state index contributed by atoms with van der Waals surface area (Å²) in [7, 11) is -2.27. The van der Waals surface area contributed by atoms with Gasteiger partial charge in [-0.15, -0.1) is 0 Å². The van der Waals surface area contributed by atoms with Gasteiger partial charge in [-0.05, 0) is 38.1 Å². The fraction of sp³-hybridized carbons (Fsp3) is 0.158. The molecule has 7 nitrogen and oxygen atoms in total. The number of rotatable bonds is 6. The molecular formula is C19H19N3O4S2. The highest BCUT2D eigenvalue weighted by Gasteiger charge is 2.21. The summed E-state index contributed by atoms with van der Waals surface area (Å²) in [5, 5.41) is 2.89. The summed E-state index contributed by atoms with van der Waals surface area (Å²) in [6.07, 6.45) is 0. The molecule has 9 heteroatoms. The Labute approximate surface area is 167 Å². The lowest BCUT2D eigenvalue weighted by Gasteiger charge is -2.08. The SMILES string of the molecule is COc1ccccc1NC(=O)c1sc(NS(=O)(=O)c2ccc(C)cc2)nc1C. The van der Waals surface area contributed by atoms with E-state index in [0.29, 0.717) is 22.0 Å². The fourth-order valence-corrected chi connectivity index (χ4v) is 4.57. The van der Waals surface area contributed by atoms with Crippen molar-refractivity contribution in [3.63, 3.8) is 0 Å². The Bertz CT molecular complexity index is 1110. The highest BCUT2D eigenvalue weighted by Crippen LogP contribution is 2.28. The predicted molar refractivity (Wildman–Crippen MR) is 110 cm³/mol. The van der Waals surface area contributed by atoms with Crippen LogP contribution in [-0.4, -0.2) is 26.4 Å². The minimum Gasteiger partial charge on any atom is -0.495 e. The zero-order valence-electron chi connectivity index (χ0n) is 15.5. The molecule has 2 N–H and O–H groups in total. The number of benzene rings is 2. The molecule has 0 spiro atoms. The van der Waals surface area contributed by atoms with Gasteiger partial charge in [0.2, 0.25) is 0 Å². The topological polar surface area (TPSA) is 97.4 Å². The molecule has 3 aromatic rings. The van der Waals surface area contributed by atoms with Crippen LogP contribution in [0.3, 0.4) is 0 Å². The van der Waals surface area contributed by atoms with E-state index < -0.39 is 10.0 Å². The Kier molecular flexibility index (Phi) is 5.66. The number of thiazole rings is 1. The van der Waals surface area contributed by atoms with E-state index >= 15 is 0 Å². The van der Waals surface area contributed by atoms with Gasteiger partial charge in [-0.25, -0.2) is 13.4 Å². The minimum atomic E-state index is -3.78. The zero-order valence-corrected chi connectivity index (χ0v) is 17.1. The second-order valence-electron chi connectivity index (χ2n) is 6.01. The summed E-state index contributed by atoms with van der Waals surface area (Å²) < 4.78 is 32.7. The minimum absolute atomic E-state index is 0.128. The first-order valence-corrected chi connectivity index (χ1v) is 10.6. The van der Waals surface area contributed by atoms with E-state index in [9.17, 15) is 13.2 Å². The maximum Gasteiger partial charge on any atom is 0.267 e. The number of para-hydroxylation sites is 2. The summed E-state index contributed by atoms with van der Waals surface area (Å²) in [5.41, 5.74) is 1.91. The summed E-state index contributed by atoms with van der Waals surface area (Å²) >= 11 is 0.971. The number of hydrogen-bond acceptors (Lipinski definition) is 6. The van der Waals surface area contributed by atoms with E-state index in [1.807, 2.05) is 6.92 Å². The smallest absolute Gasteiger partial charge is 0.267 e. The molecule has 1 amide bonds. The number of aryl methyl sites for hydroxylation is 2. The van der Waals surface area contributed by atoms with Crippen LogP contribution >= 0.6 is 11.3 Å². The van der Waals surface area contributed by atoms with Crippen molar-refractivity contribution in [2.75, 3.05) is 17.1 Å². The van der Waals surface area contributed by atoms with E-state index in [4.69, 9.17) is 4.74 Å². The second-order valence-corrected chi connectivity index (χ2v) is 8.69. The zero-order chi connectivity index (χ0) is 20.3. The van der Waals surface area contributed by atoms with Gasteiger partial charge in [-0.3, -0.25) is 9.52 Å². The van der Waals surface area contributed by atoms with Gasteiger partial charge in [0, 0.05) is 0 Å². The first kappa shape index (κ1) is 19.8. The quantitative estimate of drug-likeness (QED) is 0.635. The normalized spacial score (nSPS) is 11.1. The van der Waals surface area contributed by atoms with Crippen LogP contribution in [-0.2, 0) is 10.0 Å². The summed E-state index contributed by atoms with van der Waals surface area (Å²) in [6, 6.07) is 13.5. The van der Waals surface area contributed by atoms with E-state index in [1.54, 1.807) is 43.3 Å². The summed E-state index contributed by atoms with van der Waals surface area (Å²) in [4.78, 5) is 17.2. The number of nitrogens with one attached hydrogen (secondary N) is 2. The molecule has 146 valence electrons. The van der Waals surface area contributed by atoms with Crippen molar-refractivity contribution in [3.8, 4) is 5.75 Å². The van der Waals surface area contributed by atoms with Crippen LogP contribution in [0, 0.1) is 13.8 Å². The van der Waals surface area contributed by atoms with Gasteiger partial charge in [0.25, 0.3) is 15.9 Å². The monoisotopic (exact) mass is 417 g/mol. The van der Waals surface area contributed by atoms with Gasteiger partial charge < -0.3 is 10.1 Å². The Morgan fingerprint density at radius 2 is 1.75 bits per heavy atom. The summed E-state index contributed by atoms with van der Waals surface area (Å²) in [5.74, 6) is 0.138. The molecule has 0 saturated heterocycles. The first-order chi connectivity index (χ1) is 13.3. The number of hydrogen-bond donors (Lipinski definition) is 2. The van der Waals surface area contributed by atoms with Crippen molar-refractivity contribution in [3.05, 3.63) is 64.7 Å². The molecule has 0 fully saturated rings. The average Bonchev–Trinajstić information content (AvgIpc) is 3.02. The van der Waals surface area contributed by atoms with E-state index in [-0.39, 0.29) is 15.9 Å². The fourth-order valence-electron chi connectivity index (χ4n) is 2.47. The number of amides is 1. The molecule has 28 heavy (non-hydrogen) atoms. The van der Waals surface area contributed by atoms with Gasteiger partial charge >= 0.3 is 0 Å². The van der Waals surface area contributed by atoms with Crippen LogP contribution < -0.4 is 14.8 Å². The number of ether oxygens (including phenoxy) is 1. The first-order valence-electron chi connectivity index (χ1n) is 8.31. The Morgan fingerprint density at radius 3 is 2.43 bits per heavy atom. The number of anilines is 2. The Balaban J connectivity index is 1.81. The Morgan fingerprint density at radius 1 is 1.07 bits per heavy atom. The number of sulfonamides is 1. The molecule has 3 rings (SSSR count). The molecule has 0 aliphatic rings. The van der Waals surface area contributed by atoms with Gasteiger partial charge in [0.15, 0.2) is 5.13 Å². The third-order valence-electron chi connectivity index (χ3n) is 3.91. The van der Waals surface area contributed by atoms with Gasteiger partial charge in [-0.2, -0.15) is 0 Å². The molecule has 0 radical (unpaired) electrons. The largest absolute Gasteiger partial charge is 0.495 e. The third kappa shape index (κ3) is 4.32. The lowest BCUT2D eigenvalue weighted by atomic mass is 10.2. The average molecular weight is 418 g/mol. The van der Waals surface area contributed by atoms with Crippen molar-refractivity contribution in [1.29, 1.82) is 0 Å². The van der Waals surface area contributed by atoms with Crippen LogP contribution in [0.4, 0.5) is 10.8 Å². The van der Waals surface area contributed by atoms with E-state index in [0.717, 1.165) is 16.9 Å². The molecule has 0 bridgehead atoms. The number of aromatic nitrogens is 1. The maximum absolute atomic E-state index is 12.6. The molecular weight excluding hydrogens is 398 g/mol. The molecule has 0 saturated carbocycles. The predicted octanol–water partition coefficient (Wildman–Crippen LogP) is 3.82. The van der Waals surface area contributed by atoms with Crippen LogP contribution in [0.25, 0.3) is 0 Å². The third-order valence-corrected chi connectivity index (χ3v) is 6.47. The highest BCUT2D eigenvalue weighted by atomic mass is 32.2. The van der Waals surface area contributed by atoms with Crippen molar-refractivity contribution >= 4 is 38.1 Å². The molecule has 1 heterocycles. The number of carbonyl (C=O) groups is 1. The summed E-state index contributed by atoms with van der Waals surface area (Å²) in [6.45, 7) is 3.53. The van der Waals surface area contributed by atoms with Crippen molar-refractivity contribution in [2.24, 2.45) is 0 Å².